The number of thioether (sulfide) groups is 1. The number of oxazole rings is 1. The van der Waals surface area contributed by atoms with E-state index in [4.69, 9.17) is 4.42 Å². The van der Waals surface area contributed by atoms with Crippen LogP contribution in [0.3, 0.4) is 0 Å². The number of aromatic nitrogens is 3. The Balaban J connectivity index is 1.50. The molecule has 0 aliphatic heterocycles. The van der Waals surface area contributed by atoms with Crippen LogP contribution in [-0.4, -0.2) is 26.8 Å². The molecule has 2 aromatic heterocycles. The Kier molecular flexibility index (Phi) is 4.16. The molecule has 2 heterocycles. The van der Waals surface area contributed by atoms with Crippen molar-refractivity contribution in [3.63, 3.8) is 0 Å². The molecule has 3 aromatic rings. The predicted molar refractivity (Wildman–Crippen MR) is 82.6 cm³/mol. The van der Waals surface area contributed by atoms with E-state index < -0.39 is 0 Å². The van der Waals surface area contributed by atoms with Gasteiger partial charge in [0.05, 0.1) is 0 Å². The zero-order valence-electron chi connectivity index (χ0n) is 11.2. The van der Waals surface area contributed by atoms with Gasteiger partial charge < -0.3 is 9.73 Å². The van der Waals surface area contributed by atoms with Crippen LogP contribution in [0, 0.1) is 6.92 Å². The molecule has 3 rings (SSSR count). The molecule has 0 aliphatic carbocycles. The summed E-state index contributed by atoms with van der Waals surface area (Å²) in [5.41, 5.74) is 1.59. The molecule has 0 spiro atoms. The largest absolute Gasteiger partial charge is 0.431 e. The fourth-order valence-electron chi connectivity index (χ4n) is 1.67. The molecule has 0 aliphatic rings. The van der Waals surface area contributed by atoms with Crippen LogP contribution in [-0.2, 0) is 4.79 Å². The number of para-hydroxylation sites is 2. The number of anilines is 1. The lowest BCUT2D eigenvalue weighted by molar-refractivity contribution is -0.115. The highest BCUT2D eigenvalue weighted by Gasteiger charge is 2.09. The van der Waals surface area contributed by atoms with E-state index in [2.05, 4.69) is 20.5 Å². The first-order valence-electron chi connectivity index (χ1n) is 6.29. The number of aryl methyl sites for hydroxylation is 1. The number of carbonyl (C=O) groups excluding carboxylic acids is 1. The van der Waals surface area contributed by atoms with Gasteiger partial charge in [-0.15, -0.1) is 10.2 Å². The Morgan fingerprint density at radius 3 is 3.00 bits per heavy atom. The summed E-state index contributed by atoms with van der Waals surface area (Å²) in [4.78, 5) is 16.1. The van der Waals surface area contributed by atoms with Gasteiger partial charge in [-0.3, -0.25) is 4.79 Å². The van der Waals surface area contributed by atoms with Crippen molar-refractivity contribution in [2.24, 2.45) is 0 Å². The number of hydrogen-bond donors (Lipinski definition) is 1. The van der Waals surface area contributed by atoms with E-state index in [1.165, 1.54) is 23.1 Å². The number of nitrogens with zero attached hydrogens (tertiary/aromatic N) is 3. The lowest BCUT2D eigenvalue weighted by atomic mass is 10.3. The van der Waals surface area contributed by atoms with Crippen molar-refractivity contribution < 1.29 is 9.21 Å². The first-order valence-corrected chi connectivity index (χ1v) is 8.09. The molecule has 8 heteroatoms. The summed E-state index contributed by atoms with van der Waals surface area (Å²) in [5, 5.41) is 12.3. The molecule has 0 radical (unpaired) electrons. The number of amides is 1. The summed E-state index contributed by atoms with van der Waals surface area (Å²) < 4.78 is 5.57. The minimum absolute atomic E-state index is 0.0882. The number of fused-ring (bicyclic) bond motifs is 1. The van der Waals surface area contributed by atoms with Gasteiger partial charge >= 0.3 is 0 Å². The van der Waals surface area contributed by atoms with Crippen molar-refractivity contribution in [3.8, 4) is 0 Å². The molecule has 0 bridgehead atoms. The van der Waals surface area contributed by atoms with E-state index >= 15 is 0 Å². The van der Waals surface area contributed by atoms with Crippen LogP contribution in [0.5, 0.6) is 0 Å². The van der Waals surface area contributed by atoms with E-state index in [1.807, 2.05) is 31.2 Å². The maximum atomic E-state index is 11.7. The number of nitrogens with one attached hydrogen (secondary N) is 1. The Labute approximate surface area is 129 Å². The topological polar surface area (TPSA) is 80.9 Å². The fourth-order valence-corrected chi connectivity index (χ4v) is 3.05. The molecule has 6 nitrogen and oxygen atoms in total. The highest BCUT2D eigenvalue weighted by Crippen LogP contribution is 2.23. The Hall–Kier alpha value is -1.93. The zero-order chi connectivity index (χ0) is 14.7. The van der Waals surface area contributed by atoms with Crippen molar-refractivity contribution in [1.29, 1.82) is 0 Å². The van der Waals surface area contributed by atoms with Crippen LogP contribution in [0.25, 0.3) is 11.1 Å². The predicted octanol–water partition coefficient (Wildman–Crippen LogP) is 3.11. The van der Waals surface area contributed by atoms with Crippen LogP contribution in [0.4, 0.5) is 5.13 Å². The van der Waals surface area contributed by atoms with Gasteiger partial charge in [0.1, 0.15) is 10.5 Å². The molecular formula is C13H12N4O2S2. The van der Waals surface area contributed by atoms with E-state index in [0.717, 1.165) is 16.1 Å². The molecule has 0 saturated carbocycles. The van der Waals surface area contributed by atoms with Crippen LogP contribution in [0.2, 0.25) is 0 Å². The van der Waals surface area contributed by atoms with Crippen molar-refractivity contribution in [1.82, 2.24) is 15.2 Å². The Morgan fingerprint density at radius 2 is 2.24 bits per heavy atom. The second-order valence-electron chi connectivity index (χ2n) is 4.22. The highest BCUT2D eigenvalue weighted by molar-refractivity contribution is 7.99. The number of rotatable bonds is 5. The van der Waals surface area contributed by atoms with Gasteiger partial charge in [-0.25, -0.2) is 4.98 Å². The second-order valence-corrected chi connectivity index (χ2v) is 6.45. The van der Waals surface area contributed by atoms with Crippen LogP contribution >= 0.6 is 23.1 Å². The summed E-state index contributed by atoms with van der Waals surface area (Å²) in [5.74, 6) is 0.506. The highest BCUT2D eigenvalue weighted by atomic mass is 32.2. The van der Waals surface area contributed by atoms with Crippen LogP contribution < -0.4 is 5.32 Å². The van der Waals surface area contributed by atoms with Crippen molar-refractivity contribution in [2.75, 3.05) is 11.1 Å². The third-order valence-corrected chi connectivity index (χ3v) is 4.19. The minimum Gasteiger partial charge on any atom is -0.431 e. The summed E-state index contributed by atoms with van der Waals surface area (Å²) in [6, 6.07) is 7.58. The molecule has 1 N–H and O–H groups in total. The van der Waals surface area contributed by atoms with E-state index in [-0.39, 0.29) is 5.91 Å². The molecule has 1 amide bonds. The maximum absolute atomic E-state index is 11.7. The zero-order valence-corrected chi connectivity index (χ0v) is 12.8. The van der Waals surface area contributed by atoms with Crippen molar-refractivity contribution >= 4 is 45.2 Å². The van der Waals surface area contributed by atoms with E-state index in [1.54, 1.807) is 0 Å². The first-order chi connectivity index (χ1) is 10.2. The Morgan fingerprint density at radius 1 is 1.38 bits per heavy atom. The summed E-state index contributed by atoms with van der Waals surface area (Å²) in [6.45, 7) is 1.84. The standard InChI is InChI=1S/C13H12N4O2S2/c1-8-16-17-12(21-8)15-11(18)6-7-20-13-14-9-4-2-3-5-10(9)19-13/h2-5H,6-7H2,1H3,(H,15,17,18). The number of hydrogen-bond acceptors (Lipinski definition) is 7. The van der Waals surface area contributed by atoms with Crippen molar-refractivity contribution in [2.45, 2.75) is 18.6 Å². The van der Waals surface area contributed by atoms with Gasteiger partial charge in [-0.05, 0) is 19.1 Å². The van der Waals surface area contributed by atoms with Gasteiger partial charge in [-0.2, -0.15) is 0 Å². The van der Waals surface area contributed by atoms with Gasteiger partial charge in [-0.1, -0.05) is 35.2 Å². The van der Waals surface area contributed by atoms with Crippen LogP contribution in [0.1, 0.15) is 11.4 Å². The molecule has 108 valence electrons. The quantitative estimate of drug-likeness (QED) is 0.728. The third-order valence-electron chi connectivity index (χ3n) is 2.60. The normalized spacial score (nSPS) is 10.9. The molecular weight excluding hydrogens is 308 g/mol. The molecule has 1 aromatic carbocycles. The number of benzene rings is 1. The third kappa shape index (κ3) is 3.59. The van der Waals surface area contributed by atoms with Crippen molar-refractivity contribution in [3.05, 3.63) is 29.3 Å². The first kappa shape index (κ1) is 14.0. The molecule has 0 saturated heterocycles. The van der Waals surface area contributed by atoms with Gasteiger partial charge in [0, 0.05) is 12.2 Å². The monoisotopic (exact) mass is 320 g/mol. The van der Waals surface area contributed by atoms with E-state index in [9.17, 15) is 4.79 Å². The average Bonchev–Trinajstić information content (AvgIpc) is 3.04. The molecule has 0 unspecified atom stereocenters. The Bertz CT molecular complexity index is 735. The molecule has 0 fully saturated rings. The smallest absolute Gasteiger partial charge is 0.256 e. The summed E-state index contributed by atoms with van der Waals surface area (Å²) in [7, 11) is 0. The van der Waals surface area contributed by atoms with Gasteiger partial charge in [0.2, 0.25) is 11.0 Å². The second kappa shape index (κ2) is 6.23. The minimum atomic E-state index is -0.0882. The SMILES string of the molecule is Cc1nnc(NC(=O)CCSc2nc3ccccc3o2)s1. The van der Waals surface area contributed by atoms with Gasteiger partial charge in [0.15, 0.2) is 5.58 Å². The molecule has 0 atom stereocenters. The summed E-state index contributed by atoms with van der Waals surface area (Å²) >= 11 is 2.78. The summed E-state index contributed by atoms with van der Waals surface area (Å²) in [6.07, 6.45) is 0.363. The lowest BCUT2D eigenvalue weighted by Crippen LogP contribution is -2.11. The lowest BCUT2D eigenvalue weighted by Gasteiger charge is -1.99. The number of carbonyl (C=O) groups is 1. The maximum Gasteiger partial charge on any atom is 0.256 e. The van der Waals surface area contributed by atoms with Crippen LogP contribution in [0.15, 0.2) is 33.9 Å². The van der Waals surface area contributed by atoms with E-state index in [0.29, 0.717) is 22.5 Å². The average molecular weight is 320 g/mol. The van der Waals surface area contributed by atoms with Gasteiger partial charge in [0.25, 0.3) is 5.22 Å². The molecule has 21 heavy (non-hydrogen) atoms. The fraction of sp³-hybridized carbons (Fsp3) is 0.231.